The molecule has 0 saturated carbocycles. The summed E-state index contributed by atoms with van der Waals surface area (Å²) >= 11 is 0. The Bertz CT molecular complexity index is 1530. The molecule has 3 aromatic rings. The Morgan fingerprint density at radius 3 is 2.00 bits per heavy atom. The van der Waals surface area contributed by atoms with Crippen LogP contribution in [-0.2, 0) is 26.0 Å². The van der Waals surface area contributed by atoms with Gasteiger partial charge in [0.1, 0.15) is 11.9 Å². The lowest BCUT2D eigenvalue weighted by Crippen LogP contribution is -2.42. The van der Waals surface area contributed by atoms with E-state index in [0.29, 0.717) is 22.3 Å². The molecule has 1 atom stereocenters. The highest BCUT2D eigenvalue weighted by atomic mass is 32.2. The number of halogens is 3. The molecule has 0 heterocycles. The first-order chi connectivity index (χ1) is 18.5. The van der Waals surface area contributed by atoms with Crippen LogP contribution >= 0.6 is 0 Å². The average Bonchev–Trinajstić information content (AvgIpc) is 2.87. The van der Waals surface area contributed by atoms with Crippen LogP contribution in [0.3, 0.4) is 0 Å². The highest BCUT2D eigenvalue weighted by Crippen LogP contribution is 2.26. The first kappa shape index (κ1) is 31.5. The maximum absolute atomic E-state index is 12.7. The third-order valence-electron chi connectivity index (χ3n) is 5.18. The largest absolute Gasteiger partial charge is 0.490 e. The average molecular weight is 581 g/mol. The molecule has 0 spiro atoms. The molecule has 0 saturated heterocycles. The van der Waals surface area contributed by atoms with Crippen LogP contribution in [0.15, 0.2) is 77.7 Å². The maximum atomic E-state index is 12.7. The summed E-state index contributed by atoms with van der Waals surface area (Å²) in [6, 6.07) is 17.7. The molecule has 0 bridgehead atoms. The van der Waals surface area contributed by atoms with Gasteiger partial charge in [0, 0.05) is 23.1 Å². The van der Waals surface area contributed by atoms with Gasteiger partial charge in [0.05, 0.1) is 4.90 Å². The fraction of sp³-hybridized carbons (Fsp3) is 0.120. The second-order valence-electron chi connectivity index (χ2n) is 8.10. The predicted molar refractivity (Wildman–Crippen MR) is 137 cm³/mol. The number of alkyl halides is 3. The molecule has 8 N–H and O–H groups in total. The van der Waals surface area contributed by atoms with Crippen molar-refractivity contribution in [3.05, 3.63) is 89.5 Å². The van der Waals surface area contributed by atoms with Gasteiger partial charge in [0.15, 0.2) is 0 Å². The van der Waals surface area contributed by atoms with E-state index in [-0.39, 0.29) is 22.7 Å². The van der Waals surface area contributed by atoms with Crippen LogP contribution in [-0.4, -0.2) is 54.5 Å². The number of sulfonamides is 1. The first-order valence-electron chi connectivity index (χ1n) is 11.0. The standard InChI is InChI=1S/C23H22N4O5S.C2HF3O2/c24-21(25)17-5-3-4-14(12-17)13-19(23(29)30)27-22(28)16-10-8-15(9-11-16)18-6-1-2-7-20(18)33(26,31)32;3-2(4,5)1(6)7/h1-12,19H,13H2,(H3,24,25)(H,27,28)(H,29,30)(H2,26,31,32);(H,6,7)/t19-;/m0./s1. The first-order valence-corrected chi connectivity index (χ1v) is 12.5. The summed E-state index contributed by atoms with van der Waals surface area (Å²) in [4.78, 5) is 33.2. The molecule has 212 valence electrons. The Kier molecular flexibility index (Phi) is 10.1. The van der Waals surface area contributed by atoms with E-state index in [0.717, 1.165) is 0 Å². The fourth-order valence-corrected chi connectivity index (χ4v) is 4.06. The lowest BCUT2D eigenvalue weighted by atomic mass is 10.0. The molecule has 1 amide bonds. The Balaban J connectivity index is 0.000000708. The number of aliphatic carboxylic acids is 2. The maximum Gasteiger partial charge on any atom is 0.490 e. The third kappa shape index (κ3) is 8.92. The molecule has 3 aromatic carbocycles. The minimum absolute atomic E-state index is 0.00200. The number of amides is 1. The molecule has 0 unspecified atom stereocenters. The summed E-state index contributed by atoms with van der Waals surface area (Å²) in [5.74, 6) is -4.71. The van der Waals surface area contributed by atoms with Crippen LogP contribution in [0.2, 0.25) is 0 Å². The zero-order valence-electron chi connectivity index (χ0n) is 20.3. The van der Waals surface area contributed by atoms with E-state index < -0.39 is 40.1 Å². The summed E-state index contributed by atoms with van der Waals surface area (Å²) in [7, 11) is -3.94. The molecule has 0 fully saturated rings. The van der Waals surface area contributed by atoms with Crippen LogP contribution < -0.4 is 16.2 Å². The molecule has 0 aliphatic heterocycles. The zero-order valence-corrected chi connectivity index (χ0v) is 21.2. The van der Waals surface area contributed by atoms with Crippen molar-refractivity contribution in [1.82, 2.24) is 5.32 Å². The van der Waals surface area contributed by atoms with Crippen molar-refractivity contribution in [3.8, 4) is 11.1 Å². The molecular formula is C25H23F3N4O7S. The van der Waals surface area contributed by atoms with E-state index in [1.54, 1.807) is 54.6 Å². The molecule has 11 nitrogen and oxygen atoms in total. The van der Waals surface area contributed by atoms with Crippen molar-refractivity contribution in [2.24, 2.45) is 10.9 Å². The molecule has 0 radical (unpaired) electrons. The zero-order chi connectivity index (χ0) is 30.3. The van der Waals surface area contributed by atoms with E-state index in [4.69, 9.17) is 26.2 Å². The number of carboxylic acid groups (broad SMARTS) is 2. The van der Waals surface area contributed by atoms with Gasteiger partial charge in [-0.2, -0.15) is 13.2 Å². The molecule has 0 aliphatic rings. The normalized spacial score (nSPS) is 11.9. The number of hydrogen-bond acceptors (Lipinski definition) is 6. The number of nitrogen functional groups attached to an aromatic ring is 1. The second kappa shape index (κ2) is 12.9. The Morgan fingerprint density at radius 1 is 0.925 bits per heavy atom. The minimum atomic E-state index is -5.08. The van der Waals surface area contributed by atoms with Crippen LogP contribution in [0.25, 0.3) is 11.1 Å². The van der Waals surface area contributed by atoms with Crippen LogP contribution in [0.4, 0.5) is 13.2 Å². The van der Waals surface area contributed by atoms with Crippen molar-refractivity contribution >= 4 is 33.7 Å². The highest BCUT2D eigenvalue weighted by molar-refractivity contribution is 7.89. The predicted octanol–water partition coefficient (Wildman–Crippen LogP) is 2.34. The summed E-state index contributed by atoms with van der Waals surface area (Å²) in [6.07, 6.45) is -5.08. The monoisotopic (exact) mass is 580 g/mol. The minimum Gasteiger partial charge on any atom is -0.480 e. The van der Waals surface area contributed by atoms with Gasteiger partial charge in [-0.25, -0.2) is 23.1 Å². The number of benzene rings is 3. The SMILES string of the molecule is N=C(N)c1cccc(C[C@H](NC(=O)c2ccc(-c3ccccc3S(N)(=O)=O)cc2)C(=O)O)c1.O=C(O)C(F)(F)F. The summed E-state index contributed by atoms with van der Waals surface area (Å²) in [5.41, 5.74) is 7.66. The van der Waals surface area contributed by atoms with Crippen molar-refractivity contribution in [2.45, 2.75) is 23.5 Å². The van der Waals surface area contributed by atoms with Gasteiger partial charge >= 0.3 is 18.1 Å². The number of carbonyl (C=O) groups excluding carboxylic acids is 1. The van der Waals surface area contributed by atoms with Gasteiger partial charge < -0.3 is 21.3 Å². The number of amidine groups is 1. The van der Waals surface area contributed by atoms with Gasteiger partial charge in [0.2, 0.25) is 10.0 Å². The summed E-state index contributed by atoms with van der Waals surface area (Å²) in [6.45, 7) is 0. The number of nitrogens with two attached hydrogens (primary N) is 2. The Hall–Kier alpha value is -4.76. The van der Waals surface area contributed by atoms with Crippen LogP contribution in [0, 0.1) is 5.41 Å². The van der Waals surface area contributed by atoms with Crippen molar-refractivity contribution < 1.29 is 46.2 Å². The van der Waals surface area contributed by atoms with Crippen LogP contribution in [0.5, 0.6) is 0 Å². The van der Waals surface area contributed by atoms with Gasteiger partial charge in [-0.1, -0.05) is 48.5 Å². The van der Waals surface area contributed by atoms with E-state index >= 15 is 0 Å². The molecule has 15 heteroatoms. The van der Waals surface area contributed by atoms with Crippen molar-refractivity contribution in [3.63, 3.8) is 0 Å². The van der Waals surface area contributed by atoms with E-state index in [2.05, 4.69) is 5.32 Å². The number of nitrogens with one attached hydrogen (secondary N) is 2. The Labute approximate surface area is 225 Å². The molecular weight excluding hydrogens is 557 g/mol. The van der Waals surface area contributed by atoms with Gasteiger partial charge in [-0.15, -0.1) is 0 Å². The van der Waals surface area contributed by atoms with E-state index in [9.17, 15) is 36.3 Å². The molecule has 40 heavy (non-hydrogen) atoms. The highest BCUT2D eigenvalue weighted by Gasteiger charge is 2.38. The number of primary sulfonamides is 1. The number of carbonyl (C=O) groups is 3. The smallest absolute Gasteiger partial charge is 0.480 e. The van der Waals surface area contributed by atoms with E-state index in [1.165, 1.54) is 18.2 Å². The van der Waals surface area contributed by atoms with E-state index in [1.807, 2.05) is 0 Å². The number of rotatable bonds is 8. The molecule has 3 rings (SSSR count). The quantitative estimate of drug-likeness (QED) is 0.171. The number of hydrogen-bond donors (Lipinski definition) is 6. The van der Waals surface area contributed by atoms with Gasteiger partial charge in [-0.3, -0.25) is 10.2 Å². The van der Waals surface area contributed by atoms with Crippen molar-refractivity contribution in [1.29, 1.82) is 5.41 Å². The topological polar surface area (TPSA) is 214 Å². The lowest BCUT2D eigenvalue weighted by Gasteiger charge is -2.15. The lowest BCUT2D eigenvalue weighted by molar-refractivity contribution is -0.192. The molecule has 0 aromatic heterocycles. The van der Waals surface area contributed by atoms with Crippen molar-refractivity contribution in [2.75, 3.05) is 0 Å². The molecule has 0 aliphatic carbocycles. The second-order valence-corrected chi connectivity index (χ2v) is 9.63. The summed E-state index contributed by atoms with van der Waals surface area (Å²) < 4.78 is 55.4. The number of carboxylic acids is 2. The fourth-order valence-electron chi connectivity index (χ4n) is 3.30. The van der Waals surface area contributed by atoms with Gasteiger partial charge in [-0.05, 0) is 35.4 Å². The summed E-state index contributed by atoms with van der Waals surface area (Å²) in [5, 5.41) is 32.0. The third-order valence-corrected chi connectivity index (χ3v) is 6.14. The van der Waals surface area contributed by atoms with Gasteiger partial charge in [0.25, 0.3) is 5.91 Å². The Morgan fingerprint density at radius 2 is 1.50 bits per heavy atom. The van der Waals surface area contributed by atoms with Crippen LogP contribution in [0.1, 0.15) is 21.5 Å².